The van der Waals surface area contributed by atoms with Gasteiger partial charge in [0.25, 0.3) is 5.56 Å². The summed E-state index contributed by atoms with van der Waals surface area (Å²) in [4.78, 5) is 13.2. The van der Waals surface area contributed by atoms with Gasteiger partial charge in [0.1, 0.15) is 0 Å². The molecule has 4 heteroatoms. The van der Waals surface area contributed by atoms with Crippen LogP contribution < -0.4 is 10.3 Å². The maximum atomic E-state index is 10.8. The Morgan fingerprint density at radius 2 is 2.17 bits per heavy atom. The van der Waals surface area contributed by atoms with Gasteiger partial charge in [-0.25, -0.2) is 0 Å². The van der Waals surface area contributed by atoms with Crippen LogP contribution in [-0.2, 0) is 0 Å². The number of H-pyrrole nitrogens is 1. The summed E-state index contributed by atoms with van der Waals surface area (Å²) in [5.74, 6) is 0.0684. The van der Waals surface area contributed by atoms with Gasteiger partial charge in [0.15, 0.2) is 11.6 Å². The summed E-state index contributed by atoms with van der Waals surface area (Å²) in [7, 11) is 0. The molecule has 0 amide bonds. The Bertz CT molecular complexity index is 316. The lowest BCUT2D eigenvalue weighted by atomic mass is 10.4. The maximum absolute atomic E-state index is 10.8. The molecule has 1 rings (SSSR count). The summed E-state index contributed by atoms with van der Waals surface area (Å²) in [6, 6.07) is 2.81. The van der Waals surface area contributed by atoms with Gasteiger partial charge in [0.05, 0.1) is 6.10 Å². The van der Waals surface area contributed by atoms with Gasteiger partial charge in [-0.15, -0.1) is 0 Å². The third kappa shape index (κ3) is 2.02. The van der Waals surface area contributed by atoms with Crippen molar-refractivity contribution in [3.63, 3.8) is 0 Å². The van der Waals surface area contributed by atoms with E-state index in [1.54, 1.807) is 0 Å². The minimum atomic E-state index is -0.534. The van der Waals surface area contributed by atoms with Crippen molar-refractivity contribution < 1.29 is 9.84 Å². The normalized spacial score (nSPS) is 10.2. The average Bonchev–Trinajstić information content (AvgIpc) is 1.96. The zero-order valence-electron chi connectivity index (χ0n) is 7.00. The number of aromatic nitrogens is 1. The van der Waals surface area contributed by atoms with Gasteiger partial charge in [0.2, 0.25) is 0 Å². The molecule has 0 atom stereocenters. The maximum Gasteiger partial charge on any atom is 0.292 e. The molecule has 0 radical (unpaired) electrons. The minimum Gasteiger partial charge on any atom is -0.503 e. The Hall–Kier alpha value is -1.45. The number of pyridine rings is 1. The van der Waals surface area contributed by atoms with Crippen molar-refractivity contribution in [1.29, 1.82) is 0 Å². The van der Waals surface area contributed by atoms with Crippen molar-refractivity contribution in [1.82, 2.24) is 4.98 Å². The Morgan fingerprint density at radius 3 is 2.67 bits per heavy atom. The highest BCUT2D eigenvalue weighted by Gasteiger charge is 2.00. The fourth-order valence-electron chi connectivity index (χ4n) is 0.771. The lowest BCUT2D eigenvalue weighted by Crippen LogP contribution is -2.11. The molecule has 0 aromatic carbocycles. The second-order valence-electron chi connectivity index (χ2n) is 2.70. The molecule has 0 aliphatic heterocycles. The van der Waals surface area contributed by atoms with E-state index < -0.39 is 5.56 Å². The van der Waals surface area contributed by atoms with Crippen LogP contribution >= 0.6 is 0 Å². The average molecular weight is 169 g/mol. The Kier molecular flexibility index (Phi) is 2.38. The summed E-state index contributed by atoms with van der Waals surface area (Å²) in [6.45, 7) is 3.70. The molecule has 1 aromatic rings. The van der Waals surface area contributed by atoms with Crippen molar-refractivity contribution in [2.75, 3.05) is 0 Å². The second-order valence-corrected chi connectivity index (χ2v) is 2.70. The standard InChI is InChI=1S/C8H11NO3/c1-5(2)12-7-4-3-6(10)8(11)9-7/h3-5,10H,1-2H3,(H,9,11). The predicted molar refractivity (Wildman–Crippen MR) is 44.5 cm³/mol. The van der Waals surface area contributed by atoms with Gasteiger partial charge >= 0.3 is 0 Å². The fourth-order valence-corrected chi connectivity index (χ4v) is 0.771. The van der Waals surface area contributed by atoms with Gasteiger partial charge in [-0.05, 0) is 19.9 Å². The van der Waals surface area contributed by atoms with E-state index in [1.165, 1.54) is 12.1 Å². The zero-order valence-corrected chi connectivity index (χ0v) is 7.00. The van der Waals surface area contributed by atoms with Crippen molar-refractivity contribution >= 4 is 0 Å². The number of aromatic amines is 1. The molecule has 1 aromatic heterocycles. The SMILES string of the molecule is CC(C)Oc1ccc(O)c(=O)[nH]1. The lowest BCUT2D eigenvalue weighted by Gasteiger charge is -2.08. The van der Waals surface area contributed by atoms with Crippen molar-refractivity contribution in [2.45, 2.75) is 20.0 Å². The topological polar surface area (TPSA) is 62.3 Å². The molecule has 0 saturated carbocycles. The summed E-state index contributed by atoms with van der Waals surface area (Å²) in [5.41, 5.74) is -0.534. The van der Waals surface area contributed by atoms with Crippen LogP contribution in [0.1, 0.15) is 13.8 Å². The molecule has 2 N–H and O–H groups in total. The lowest BCUT2D eigenvalue weighted by molar-refractivity contribution is 0.231. The summed E-state index contributed by atoms with van der Waals surface area (Å²) < 4.78 is 5.18. The molecule has 12 heavy (non-hydrogen) atoms. The van der Waals surface area contributed by atoms with E-state index >= 15 is 0 Å². The molecule has 0 spiro atoms. The van der Waals surface area contributed by atoms with Crippen LogP contribution in [0, 0.1) is 0 Å². The quantitative estimate of drug-likeness (QED) is 0.690. The number of aromatic hydroxyl groups is 1. The summed E-state index contributed by atoms with van der Waals surface area (Å²) in [5, 5.41) is 8.88. The van der Waals surface area contributed by atoms with E-state index in [0.29, 0.717) is 5.88 Å². The predicted octanol–water partition coefficient (Wildman–Crippen LogP) is 0.868. The number of ether oxygens (including phenoxy) is 1. The Labute approximate surface area is 69.8 Å². The number of nitrogens with one attached hydrogen (secondary N) is 1. The van der Waals surface area contributed by atoms with Gasteiger partial charge in [-0.1, -0.05) is 0 Å². The first kappa shape index (κ1) is 8.64. The zero-order chi connectivity index (χ0) is 9.14. The first-order valence-corrected chi connectivity index (χ1v) is 3.68. The van der Waals surface area contributed by atoms with Gasteiger partial charge in [-0.3, -0.25) is 9.78 Å². The van der Waals surface area contributed by atoms with Crippen LogP contribution in [-0.4, -0.2) is 16.2 Å². The number of hydrogen-bond donors (Lipinski definition) is 2. The highest BCUT2D eigenvalue weighted by molar-refractivity contribution is 5.21. The highest BCUT2D eigenvalue weighted by Crippen LogP contribution is 2.08. The van der Waals surface area contributed by atoms with E-state index in [9.17, 15) is 4.79 Å². The van der Waals surface area contributed by atoms with Crippen LogP contribution in [0.2, 0.25) is 0 Å². The van der Waals surface area contributed by atoms with Gasteiger partial charge < -0.3 is 9.84 Å². The Balaban J connectivity index is 2.90. The van der Waals surface area contributed by atoms with Crippen molar-refractivity contribution in [3.05, 3.63) is 22.5 Å². The first-order valence-electron chi connectivity index (χ1n) is 3.68. The molecular formula is C8H11NO3. The van der Waals surface area contributed by atoms with Crippen molar-refractivity contribution in [3.8, 4) is 11.6 Å². The Morgan fingerprint density at radius 1 is 1.50 bits per heavy atom. The first-order chi connectivity index (χ1) is 5.59. The molecule has 0 bridgehead atoms. The van der Waals surface area contributed by atoms with E-state index in [4.69, 9.17) is 9.84 Å². The fraction of sp³-hybridized carbons (Fsp3) is 0.375. The third-order valence-corrected chi connectivity index (χ3v) is 1.22. The molecule has 1 heterocycles. The molecule has 4 nitrogen and oxygen atoms in total. The number of rotatable bonds is 2. The monoisotopic (exact) mass is 169 g/mol. The van der Waals surface area contributed by atoms with E-state index in [1.807, 2.05) is 13.8 Å². The second kappa shape index (κ2) is 3.30. The summed E-state index contributed by atoms with van der Waals surface area (Å²) in [6.07, 6.45) is 0.00481. The largest absolute Gasteiger partial charge is 0.503 e. The summed E-state index contributed by atoms with van der Waals surface area (Å²) >= 11 is 0. The van der Waals surface area contributed by atoms with Gasteiger partial charge in [-0.2, -0.15) is 0 Å². The molecular weight excluding hydrogens is 158 g/mol. The van der Waals surface area contributed by atoms with Crippen molar-refractivity contribution in [2.24, 2.45) is 0 Å². The van der Waals surface area contributed by atoms with E-state index in [2.05, 4.69) is 4.98 Å². The highest BCUT2D eigenvalue weighted by atomic mass is 16.5. The van der Waals surface area contributed by atoms with Crippen LogP contribution in [0.5, 0.6) is 11.6 Å². The van der Waals surface area contributed by atoms with Crippen LogP contribution in [0.4, 0.5) is 0 Å². The molecule has 0 saturated heterocycles. The van der Waals surface area contributed by atoms with Crippen LogP contribution in [0.3, 0.4) is 0 Å². The van der Waals surface area contributed by atoms with E-state index in [-0.39, 0.29) is 11.9 Å². The molecule has 0 aliphatic carbocycles. The van der Waals surface area contributed by atoms with Crippen LogP contribution in [0.15, 0.2) is 16.9 Å². The van der Waals surface area contributed by atoms with Crippen LogP contribution in [0.25, 0.3) is 0 Å². The number of hydrogen-bond acceptors (Lipinski definition) is 3. The smallest absolute Gasteiger partial charge is 0.292 e. The molecule has 0 aliphatic rings. The minimum absolute atomic E-state index is 0.00481. The molecule has 0 unspecified atom stereocenters. The van der Waals surface area contributed by atoms with E-state index in [0.717, 1.165) is 0 Å². The molecule has 0 fully saturated rings. The third-order valence-electron chi connectivity index (χ3n) is 1.22. The molecule has 66 valence electrons. The van der Waals surface area contributed by atoms with Gasteiger partial charge in [0, 0.05) is 6.07 Å².